The van der Waals surface area contributed by atoms with E-state index in [1.165, 1.54) is 0 Å². The van der Waals surface area contributed by atoms with E-state index in [1.807, 2.05) is 182 Å². The Balaban J connectivity index is 1.34. The molecular weight excluding hydrogens is 1060 g/mol. The van der Waals surface area contributed by atoms with Crippen molar-refractivity contribution in [1.29, 1.82) is 0 Å². The van der Waals surface area contributed by atoms with Gasteiger partial charge in [0.1, 0.15) is 0 Å². The van der Waals surface area contributed by atoms with Crippen molar-refractivity contribution < 1.29 is 0 Å². The van der Waals surface area contributed by atoms with Gasteiger partial charge in [-0.2, -0.15) is 0 Å². The van der Waals surface area contributed by atoms with Crippen LogP contribution in [0.4, 0.5) is 0 Å². The number of nitrogens with zero attached hydrogens (tertiary/aromatic N) is 10. The number of hydrogen-bond donors (Lipinski definition) is 0. The third kappa shape index (κ3) is 10.6. The zero-order valence-corrected chi connectivity index (χ0v) is 48.3. The van der Waals surface area contributed by atoms with Crippen molar-refractivity contribution in [2.24, 2.45) is 46.6 Å². The Labute approximate surface area is 470 Å². The van der Waals surface area contributed by atoms with Crippen molar-refractivity contribution in [3.8, 4) is 0 Å². The fraction of sp³-hybridized carbons (Fsp3) is 0. The highest BCUT2D eigenvalue weighted by Gasteiger charge is 2.45. The van der Waals surface area contributed by atoms with E-state index in [0.717, 1.165) is 51.9 Å². The summed E-state index contributed by atoms with van der Waals surface area (Å²) in [6, 6.07) is 118. The monoisotopic (exact) mass is 1110 g/mol. The minimum absolute atomic E-state index is 0.867. The fourth-order valence-electron chi connectivity index (χ4n) is 9.80. The molecule has 0 aliphatic carbocycles. The molecule has 1 heterocycles. The van der Waals surface area contributed by atoms with Crippen LogP contribution in [0.1, 0.15) is 0 Å². The van der Waals surface area contributed by atoms with E-state index in [0.29, 0.717) is 0 Å². The second-order valence-electron chi connectivity index (χ2n) is 18.6. The first-order valence-corrected chi connectivity index (χ1v) is 35.6. The highest BCUT2D eigenvalue weighted by Crippen LogP contribution is 2.17. The van der Waals surface area contributed by atoms with E-state index < -0.39 is 42.0 Å². The third-order valence-corrected chi connectivity index (χ3v) is 29.5. The Hall–Kier alpha value is -9.82. The predicted octanol–water partition coefficient (Wildman–Crippen LogP) is 7.15. The maximum Gasteiger partial charge on any atom is 0.389 e. The number of hydrogen-bond acceptors (Lipinski definition) is 10. The highest BCUT2D eigenvalue weighted by molar-refractivity contribution is 7.04. The van der Waals surface area contributed by atoms with Crippen LogP contribution in [-0.2, 0) is 0 Å². The van der Waals surface area contributed by atoms with Gasteiger partial charge in [0, 0.05) is 0 Å². The van der Waals surface area contributed by atoms with Crippen molar-refractivity contribution >= 4 is 124 Å². The van der Waals surface area contributed by atoms with Gasteiger partial charge in [0.15, 0.2) is 0 Å². The van der Waals surface area contributed by atoms with Crippen LogP contribution >= 0.6 is 0 Å². The molecular formula is C65H50N10Si5. The van der Waals surface area contributed by atoms with Crippen LogP contribution in [0.5, 0.6) is 0 Å². The Morgan fingerprint density at radius 3 is 0.312 bits per heavy atom. The maximum absolute atomic E-state index is 5.51. The molecule has 0 radical (unpaired) electrons. The van der Waals surface area contributed by atoms with Gasteiger partial charge in [-0.05, 0) is 51.9 Å². The summed E-state index contributed by atoms with van der Waals surface area (Å²) in [5, 5.41) is 8.67. The van der Waals surface area contributed by atoms with Crippen molar-refractivity contribution in [2.75, 3.05) is 0 Å². The molecule has 15 heteroatoms. The molecule has 0 saturated carbocycles. The number of benzene rings is 10. The Bertz CT molecular complexity index is 3160. The standard InChI is InChI=1S/C65H50N10Si5/c1-11-31-56(32-12-1)76(57-33-13-2-14-34-57)66-51-68-77(58-35-15-3-16-36-58,59-37-17-4-18-38-59)70-53-72-79(62-43-23-7-24-44-62,63-45-25-8-26-46-63)74-55-75-80(64-47-27-9-28-48-64,65-49-29-10-30-50-65)73-54-71-78(69-52-67-76,60-39-19-5-20-40-60)61-41-21-6-22-42-61/h1-50H. The van der Waals surface area contributed by atoms with Crippen LogP contribution in [0.25, 0.3) is 0 Å². The lowest BCUT2D eigenvalue weighted by molar-refractivity contribution is 1.48. The van der Waals surface area contributed by atoms with E-state index in [2.05, 4.69) is 151 Å². The topological polar surface area (TPSA) is 124 Å². The molecule has 1 aliphatic rings. The lowest BCUT2D eigenvalue weighted by Crippen LogP contribution is -2.58. The van der Waals surface area contributed by atoms with Gasteiger partial charge in [0.25, 0.3) is 0 Å². The molecule has 0 N–H and O–H groups in total. The predicted molar refractivity (Wildman–Crippen MR) is 339 cm³/mol. The van der Waals surface area contributed by atoms with Crippen LogP contribution in [0, 0.1) is 0 Å². The lowest BCUT2D eigenvalue weighted by atomic mass is 10.4. The van der Waals surface area contributed by atoms with E-state index >= 15 is 0 Å². The van der Waals surface area contributed by atoms with Gasteiger partial charge in [-0.25, -0.2) is 46.6 Å². The second-order valence-corrected chi connectivity index (χ2v) is 33.4. The molecule has 0 atom stereocenters. The van der Waals surface area contributed by atoms with Crippen LogP contribution < -0.4 is 51.9 Å². The summed E-state index contributed by atoms with van der Waals surface area (Å²) in [6.07, 6.45) is 0. The van der Waals surface area contributed by atoms with Crippen molar-refractivity contribution in [2.45, 2.75) is 0 Å². The van der Waals surface area contributed by atoms with E-state index in [1.54, 1.807) is 0 Å². The third-order valence-electron chi connectivity index (χ3n) is 13.9. The zero-order valence-electron chi connectivity index (χ0n) is 43.3. The molecule has 11 rings (SSSR count). The quantitative estimate of drug-likeness (QED) is 0.129. The summed E-state index contributed by atoms with van der Waals surface area (Å²) in [4.78, 5) is 0. The summed E-state index contributed by atoms with van der Waals surface area (Å²) < 4.78 is 55.1. The molecule has 80 heavy (non-hydrogen) atoms. The van der Waals surface area contributed by atoms with Gasteiger partial charge in [-0.15, -0.1) is 0 Å². The summed E-state index contributed by atoms with van der Waals surface area (Å²) in [7, 11) is -18.8. The van der Waals surface area contributed by atoms with Gasteiger partial charge >= 0.3 is 42.0 Å². The first kappa shape index (κ1) is 52.2. The number of rotatable bonds is 10. The molecule has 10 nitrogen and oxygen atoms in total. The average Bonchev–Trinajstić information content (AvgIpc) is 3.56. The first-order valence-electron chi connectivity index (χ1n) is 26.1. The SMILES string of the molecule is C1=N[Si](c2ccccc2)(c2ccccc2)N=C=N[Si](c2ccccc2)(c2ccccc2)N=C=N[Si](c2ccccc2)(c2ccccc2)N=C=N[Si](c2ccccc2)(c2ccccc2)N=C=N[Si](c2ccccc2)(c2ccccc2)N=1. The lowest BCUT2D eigenvalue weighted by Gasteiger charge is -2.24. The average molecular weight is 1110 g/mol. The fourth-order valence-corrected chi connectivity index (χ4v) is 23.3. The molecule has 10 aromatic rings. The molecule has 0 spiro atoms. The Kier molecular flexibility index (Phi) is 15.8. The molecule has 0 bridgehead atoms. The van der Waals surface area contributed by atoms with Crippen LogP contribution in [-0.4, -0.2) is 72.0 Å². The largest absolute Gasteiger partial charge is 0.389 e. The van der Waals surface area contributed by atoms with Crippen LogP contribution in [0.15, 0.2) is 350 Å². The summed E-state index contributed by atoms with van der Waals surface area (Å²) in [5.74, 6) is 0. The van der Waals surface area contributed by atoms with Crippen molar-refractivity contribution in [3.63, 3.8) is 0 Å². The van der Waals surface area contributed by atoms with Crippen molar-refractivity contribution in [3.05, 3.63) is 303 Å². The normalized spacial score (nSPS) is 15.8. The van der Waals surface area contributed by atoms with Gasteiger partial charge in [-0.3, -0.25) is 0 Å². The van der Waals surface area contributed by atoms with E-state index in [4.69, 9.17) is 46.6 Å². The summed E-state index contributed by atoms with van der Waals surface area (Å²) >= 11 is 0. The van der Waals surface area contributed by atoms with Gasteiger partial charge in [0.2, 0.25) is 0 Å². The Morgan fingerprint density at radius 1 is 0.138 bits per heavy atom. The van der Waals surface area contributed by atoms with E-state index in [9.17, 15) is 0 Å². The maximum atomic E-state index is 5.51. The van der Waals surface area contributed by atoms with Gasteiger partial charge in [-0.1, -0.05) is 303 Å². The van der Waals surface area contributed by atoms with Crippen LogP contribution in [0.2, 0.25) is 0 Å². The zero-order chi connectivity index (χ0) is 54.2. The molecule has 0 aromatic heterocycles. The van der Waals surface area contributed by atoms with Gasteiger partial charge < -0.3 is 0 Å². The minimum atomic E-state index is -3.76. The van der Waals surface area contributed by atoms with Crippen LogP contribution in [0.3, 0.4) is 0 Å². The molecule has 1 aliphatic heterocycles. The molecule has 0 fully saturated rings. The highest BCUT2D eigenvalue weighted by atomic mass is 28.4. The molecule has 0 amide bonds. The second kappa shape index (κ2) is 24.2. The van der Waals surface area contributed by atoms with Crippen molar-refractivity contribution in [1.82, 2.24) is 0 Å². The minimum Gasteiger partial charge on any atom is -0.228 e. The smallest absolute Gasteiger partial charge is 0.228 e. The first-order chi connectivity index (χ1) is 39.6. The van der Waals surface area contributed by atoms with E-state index in [-0.39, 0.29) is 0 Å². The molecule has 0 unspecified atom stereocenters. The Morgan fingerprint density at radius 2 is 0.225 bits per heavy atom. The summed E-state index contributed by atoms with van der Waals surface area (Å²) in [5.41, 5.74) is 0. The molecule has 380 valence electrons. The summed E-state index contributed by atoms with van der Waals surface area (Å²) in [6.45, 7) is 0. The molecule has 10 aromatic carbocycles. The van der Waals surface area contributed by atoms with Gasteiger partial charge in [0.05, 0.1) is 30.0 Å². The molecule has 0 saturated heterocycles.